The zero-order chi connectivity index (χ0) is 13.8. The Morgan fingerprint density at radius 2 is 2.00 bits per heavy atom. The molecule has 0 bridgehead atoms. The molecule has 0 N–H and O–H groups in total. The van der Waals surface area contributed by atoms with Crippen molar-refractivity contribution >= 4 is 0 Å². The Morgan fingerprint density at radius 1 is 1.10 bits per heavy atom. The topological polar surface area (TPSA) is 17.8 Å². The lowest BCUT2D eigenvalue weighted by Crippen LogP contribution is -2.21. The number of aromatic nitrogens is 2. The van der Waals surface area contributed by atoms with Gasteiger partial charge in [-0.15, -0.1) is 0 Å². The van der Waals surface area contributed by atoms with E-state index >= 15 is 0 Å². The van der Waals surface area contributed by atoms with Crippen molar-refractivity contribution in [1.82, 2.24) is 9.55 Å². The van der Waals surface area contributed by atoms with Gasteiger partial charge in [0.2, 0.25) is 0 Å². The maximum Gasteiger partial charge on any atom is 0.113 e. The van der Waals surface area contributed by atoms with Gasteiger partial charge in [0.1, 0.15) is 5.69 Å². The molecule has 1 fully saturated rings. The van der Waals surface area contributed by atoms with Crippen LogP contribution in [0.5, 0.6) is 0 Å². The number of hydrogen-bond acceptors (Lipinski definition) is 1. The quantitative estimate of drug-likeness (QED) is 0.711. The van der Waals surface area contributed by atoms with Crippen LogP contribution in [-0.2, 0) is 0 Å². The van der Waals surface area contributed by atoms with E-state index in [1.165, 1.54) is 25.7 Å². The van der Waals surface area contributed by atoms with Gasteiger partial charge in [0, 0.05) is 18.4 Å². The number of hydrogen-bond donors (Lipinski definition) is 0. The fourth-order valence-electron chi connectivity index (χ4n) is 3.06. The van der Waals surface area contributed by atoms with Crippen LogP contribution in [0.3, 0.4) is 0 Å². The molecule has 2 heterocycles. The number of rotatable bonds is 1. The summed E-state index contributed by atoms with van der Waals surface area (Å²) in [5.74, 6) is 7.18. The lowest BCUT2D eigenvalue weighted by Gasteiger charge is -2.30. The molecule has 3 rings (SSSR count). The van der Waals surface area contributed by atoms with E-state index in [9.17, 15) is 0 Å². The SMILES string of the molecule is C[C@H]1CCCCC1n1cccc1C#Cc1ccccn1. The summed E-state index contributed by atoms with van der Waals surface area (Å²) >= 11 is 0. The van der Waals surface area contributed by atoms with E-state index in [1.807, 2.05) is 18.2 Å². The Labute approximate surface area is 120 Å². The number of nitrogens with zero attached hydrogens (tertiary/aromatic N) is 2. The molecule has 0 amide bonds. The highest BCUT2D eigenvalue weighted by atomic mass is 15.0. The van der Waals surface area contributed by atoms with E-state index in [0.29, 0.717) is 6.04 Å². The third-order valence-electron chi connectivity index (χ3n) is 4.19. The molecular formula is C18H20N2. The molecule has 0 aliphatic heterocycles. The first-order valence-corrected chi connectivity index (χ1v) is 7.44. The van der Waals surface area contributed by atoms with Crippen molar-refractivity contribution in [2.75, 3.05) is 0 Å². The maximum atomic E-state index is 4.25. The first-order chi connectivity index (χ1) is 9.84. The molecule has 2 aromatic heterocycles. The summed E-state index contributed by atoms with van der Waals surface area (Å²) in [5.41, 5.74) is 1.94. The van der Waals surface area contributed by atoms with Crippen molar-refractivity contribution in [3.8, 4) is 11.8 Å². The zero-order valence-corrected chi connectivity index (χ0v) is 11.9. The Hall–Kier alpha value is -2.01. The maximum absolute atomic E-state index is 4.25. The van der Waals surface area contributed by atoms with Crippen LogP contribution in [0.25, 0.3) is 0 Å². The van der Waals surface area contributed by atoms with Gasteiger partial charge in [0.15, 0.2) is 0 Å². The van der Waals surface area contributed by atoms with Crippen molar-refractivity contribution in [3.05, 3.63) is 54.1 Å². The monoisotopic (exact) mass is 264 g/mol. The Morgan fingerprint density at radius 3 is 2.80 bits per heavy atom. The minimum absolute atomic E-state index is 0.604. The molecule has 102 valence electrons. The van der Waals surface area contributed by atoms with Gasteiger partial charge >= 0.3 is 0 Å². The smallest absolute Gasteiger partial charge is 0.113 e. The van der Waals surface area contributed by atoms with E-state index in [0.717, 1.165) is 17.3 Å². The van der Waals surface area contributed by atoms with Crippen LogP contribution < -0.4 is 0 Å². The molecule has 2 atom stereocenters. The Balaban J connectivity index is 1.85. The molecule has 2 heteroatoms. The Kier molecular flexibility index (Phi) is 3.87. The number of pyridine rings is 1. The average Bonchev–Trinajstić information content (AvgIpc) is 2.95. The lowest BCUT2D eigenvalue weighted by molar-refractivity contribution is 0.256. The summed E-state index contributed by atoms with van der Waals surface area (Å²) < 4.78 is 2.36. The van der Waals surface area contributed by atoms with Crippen LogP contribution in [0.4, 0.5) is 0 Å². The fourth-order valence-corrected chi connectivity index (χ4v) is 3.06. The van der Waals surface area contributed by atoms with Crippen LogP contribution >= 0.6 is 0 Å². The first kappa shape index (κ1) is 13.0. The van der Waals surface area contributed by atoms with Gasteiger partial charge in [-0.3, -0.25) is 0 Å². The Bertz CT molecular complexity index is 616. The van der Waals surface area contributed by atoms with Crippen LogP contribution in [-0.4, -0.2) is 9.55 Å². The summed E-state index contributed by atoms with van der Waals surface area (Å²) in [7, 11) is 0. The predicted molar refractivity (Wildman–Crippen MR) is 81.3 cm³/mol. The van der Waals surface area contributed by atoms with Gasteiger partial charge in [-0.05, 0) is 54.9 Å². The molecule has 1 aliphatic rings. The second kappa shape index (κ2) is 5.96. The highest BCUT2D eigenvalue weighted by molar-refractivity contribution is 5.37. The molecule has 20 heavy (non-hydrogen) atoms. The molecule has 0 spiro atoms. The molecule has 2 nitrogen and oxygen atoms in total. The summed E-state index contributed by atoms with van der Waals surface area (Å²) in [5, 5.41) is 0. The minimum atomic E-state index is 0.604. The van der Waals surface area contributed by atoms with Crippen LogP contribution in [0.2, 0.25) is 0 Å². The molecule has 1 saturated carbocycles. The predicted octanol–water partition coefficient (Wildman–Crippen LogP) is 4.03. The van der Waals surface area contributed by atoms with Crippen molar-refractivity contribution in [2.45, 2.75) is 38.6 Å². The van der Waals surface area contributed by atoms with Crippen LogP contribution in [0.15, 0.2) is 42.7 Å². The summed E-state index contributed by atoms with van der Waals surface area (Å²) in [6.07, 6.45) is 9.26. The van der Waals surface area contributed by atoms with Crippen LogP contribution in [0, 0.1) is 17.8 Å². The zero-order valence-electron chi connectivity index (χ0n) is 11.9. The molecule has 0 aromatic carbocycles. The third kappa shape index (κ3) is 2.77. The van der Waals surface area contributed by atoms with E-state index in [1.54, 1.807) is 6.20 Å². The van der Waals surface area contributed by atoms with Crippen LogP contribution in [0.1, 0.15) is 50.0 Å². The van der Waals surface area contributed by atoms with E-state index in [-0.39, 0.29) is 0 Å². The van der Waals surface area contributed by atoms with Crippen molar-refractivity contribution < 1.29 is 0 Å². The standard InChI is InChI=1S/C18H20N2/c1-15-7-2-3-10-18(15)20-14-6-9-17(20)12-11-16-8-4-5-13-19-16/h4-6,8-9,13-15,18H,2-3,7,10H2,1H3/t15-,18?/m0/s1. The first-order valence-electron chi connectivity index (χ1n) is 7.44. The van der Waals surface area contributed by atoms with Gasteiger partial charge in [-0.2, -0.15) is 0 Å². The van der Waals surface area contributed by atoms with Gasteiger partial charge in [0.05, 0.1) is 5.69 Å². The summed E-state index contributed by atoms with van der Waals surface area (Å²) in [6.45, 7) is 2.36. The second-order valence-corrected chi connectivity index (χ2v) is 5.59. The molecule has 1 aliphatic carbocycles. The molecular weight excluding hydrogens is 244 g/mol. The lowest BCUT2D eigenvalue weighted by atomic mass is 9.85. The minimum Gasteiger partial charge on any atom is -0.338 e. The van der Waals surface area contributed by atoms with Gasteiger partial charge < -0.3 is 4.57 Å². The molecule has 0 radical (unpaired) electrons. The van der Waals surface area contributed by atoms with Gasteiger partial charge in [0.25, 0.3) is 0 Å². The van der Waals surface area contributed by atoms with E-state index in [4.69, 9.17) is 0 Å². The van der Waals surface area contributed by atoms with Crippen molar-refractivity contribution in [3.63, 3.8) is 0 Å². The van der Waals surface area contributed by atoms with Gasteiger partial charge in [-0.1, -0.05) is 25.8 Å². The van der Waals surface area contributed by atoms with E-state index in [2.05, 4.69) is 46.6 Å². The molecule has 1 unspecified atom stereocenters. The third-order valence-corrected chi connectivity index (χ3v) is 4.19. The largest absolute Gasteiger partial charge is 0.338 e. The molecule has 2 aromatic rings. The van der Waals surface area contributed by atoms with Crippen molar-refractivity contribution in [1.29, 1.82) is 0 Å². The summed E-state index contributed by atoms with van der Waals surface area (Å²) in [4.78, 5) is 4.25. The highest BCUT2D eigenvalue weighted by Crippen LogP contribution is 2.34. The second-order valence-electron chi connectivity index (χ2n) is 5.59. The molecule has 0 saturated heterocycles. The van der Waals surface area contributed by atoms with E-state index < -0.39 is 0 Å². The van der Waals surface area contributed by atoms with Gasteiger partial charge in [-0.25, -0.2) is 4.98 Å². The fraction of sp³-hybridized carbons (Fsp3) is 0.389. The van der Waals surface area contributed by atoms with Crippen molar-refractivity contribution in [2.24, 2.45) is 5.92 Å². The average molecular weight is 264 g/mol. The summed E-state index contributed by atoms with van der Waals surface area (Å²) in [6, 6.07) is 10.6. The normalized spacial score (nSPS) is 22.1. The highest BCUT2D eigenvalue weighted by Gasteiger charge is 2.23.